The van der Waals surface area contributed by atoms with Crippen molar-refractivity contribution in [2.45, 2.75) is 4.90 Å². The van der Waals surface area contributed by atoms with Gasteiger partial charge in [-0.2, -0.15) is 13.5 Å². The maximum Gasteiger partial charge on any atom is 0.286 e. The molecule has 0 aliphatic carbocycles. The SMILES string of the molecule is NC(=S)N/N=C/c1ccc(OC2=NS(=O)(=O)c3ccccc32)cc1. The topological polar surface area (TPSA) is 106 Å². The molecule has 7 nitrogen and oxygen atoms in total. The van der Waals surface area contributed by atoms with Crippen molar-refractivity contribution in [3.05, 3.63) is 59.7 Å². The monoisotopic (exact) mass is 360 g/mol. The smallest absolute Gasteiger partial charge is 0.286 e. The second-order valence-corrected chi connectivity index (χ2v) is 6.79. The zero-order chi connectivity index (χ0) is 17.2. The number of thiocarbonyl (C=S) groups is 1. The van der Waals surface area contributed by atoms with E-state index in [0.717, 1.165) is 5.56 Å². The van der Waals surface area contributed by atoms with Gasteiger partial charge in [0.25, 0.3) is 10.0 Å². The molecule has 0 bridgehead atoms. The molecule has 1 aliphatic heterocycles. The van der Waals surface area contributed by atoms with Gasteiger partial charge in [0.05, 0.1) is 11.8 Å². The van der Waals surface area contributed by atoms with Gasteiger partial charge in [-0.15, -0.1) is 4.40 Å². The summed E-state index contributed by atoms with van der Waals surface area (Å²) in [6, 6.07) is 13.4. The molecule has 0 radical (unpaired) electrons. The second-order valence-electron chi connectivity index (χ2n) is 4.77. The van der Waals surface area contributed by atoms with Crippen LogP contribution in [0.15, 0.2) is 62.9 Å². The summed E-state index contributed by atoms with van der Waals surface area (Å²) in [6.45, 7) is 0. The Morgan fingerprint density at radius 1 is 1.21 bits per heavy atom. The summed E-state index contributed by atoms with van der Waals surface area (Å²) in [6.07, 6.45) is 1.54. The molecular formula is C15H12N4O3S2. The molecule has 3 N–H and O–H groups in total. The Labute approximate surface area is 143 Å². The van der Waals surface area contributed by atoms with Gasteiger partial charge in [-0.1, -0.05) is 12.1 Å². The lowest BCUT2D eigenvalue weighted by atomic mass is 10.2. The molecule has 0 unspecified atom stereocenters. The summed E-state index contributed by atoms with van der Waals surface area (Å²) in [7, 11) is -3.69. The number of nitrogens with one attached hydrogen (secondary N) is 1. The third-order valence-corrected chi connectivity index (χ3v) is 4.49. The molecular weight excluding hydrogens is 348 g/mol. The fourth-order valence-electron chi connectivity index (χ4n) is 2.05. The summed E-state index contributed by atoms with van der Waals surface area (Å²) in [5.74, 6) is 0.516. The van der Waals surface area contributed by atoms with Crippen molar-refractivity contribution < 1.29 is 13.2 Å². The Kier molecular flexibility index (Phi) is 4.28. The van der Waals surface area contributed by atoms with Crippen molar-refractivity contribution in [3.8, 4) is 5.75 Å². The summed E-state index contributed by atoms with van der Waals surface area (Å²) in [4.78, 5) is 0.146. The lowest BCUT2D eigenvalue weighted by molar-refractivity contribution is 0.554. The summed E-state index contributed by atoms with van der Waals surface area (Å²) in [5.41, 5.74) is 8.94. The molecule has 2 aromatic rings. The molecule has 1 aliphatic rings. The molecule has 3 rings (SSSR count). The largest absolute Gasteiger partial charge is 0.438 e. The minimum absolute atomic E-state index is 0.0576. The summed E-state index contributed by atoms with van der Waals surface area (Å²) in [5, 5.41) is 3.91. The van der Waals surface area contributed by atoms with Gasteiger partial charge in [0, 0.05) is 0 Å². The van der Waals surface area contributed by atoms with Crippen LogP contribution in [0.5, 0.6) is 5.75 Å². The molecule has 0 spiro atoms. The van der Waals surface area contributed by atoms with E-state index in [0.29, 0.717) is 11.3 Å². The summed E-state index contributed by atoms with van der Waals surface area (Å²) >= 11 is 4.63. The van der Waals surface area contributed by atoms with Gasteiger partial charge < -0.3 is 10.5 Å². The highest BCUT2D eigenvalue weighted by Gasteiger charge is 2.29. The van der Waals surface area contributed by atoms with Gasteiger partial charge in [0.15, 0.2) is 5.11 Å². The van der Waals surface area contributed by atoms with Crippen molar-refractivity contribution in [1.29, 1.82) is 0 Å². The first-order chi connectivity index (χ1) is 11.5. The van der Waals surface area contributed by atoms with Crippen LogP contribution in [0.4, 0.5) is 0 Å². The van der Waals surface area contributed by atoms with E-state index >= 15 is 0 Å². The maximum absolute atomic E-state index is 12.0. The maximum atomic E-state index is 12.0. The van der Waals surface area contributed by atoms with Crippen LogP contribution in [0.2, 0.25) is 0 Å². The first kappa shape index (κ1) is 16.1. The Hall–Kier alpha value is -2.78. The quantitative estimate of drug-likeness (QED) is 0.487. The number of nitrogens with two attached hydrogens (primary N) is 1. The first-order valence-electron chi connectivity index (χ1n) is 6.76. The van der Waals surface area contributed by atoms with Gasteiger partial charge in [0.2, 0.25) is 5.90 Å². The molecule has 0 amide bonds. The van der Waals surface area contributed by atoms with Crippen LogP contribution in [0, 0.1) is 0 Å². The molecule has 0 aromatic heterocycles. The molecule has 0 atom stereocenters. The average Bonchev–Trinajstić information content (AvgIpc) is 2.80. The van der Waals surface area contributed by atoms with Crippen molar-refractivity contribution in [3.63, 3.8) is 0 Å². The average molecular weight is 360 g/mol. The normalized spacial score (nSPS) is 14.9. The van der Waals surface area contributed by atoms with Crippen LogP contribution in [0.3, 0.4) is 0 Å². The zero-order valence-electron chi connectivity index (χ0n) is 12.2. The third-order valence-electron chi connectivity index (χ3n) is 3.08. The number of ether oxygens (including phenoxy) is 1. The Morgan fingerprint density at radius 2 is 1.92 bits per heavy atom. The molecule has 122 valence electrons. The molecule has 1 heterocycles. The molecule has 9 heteroatoms. The van der Waals surface area contributed by atoms with Crippen LogP contribution >= 0.6 is 12.2 Å². The van der Waals surface area contributed by atoms with Crippen LogP contribution < -0.4 is 15.9 Å². The van der Waals surface area contributed by atoms with E-state index in [1.54, 1.807) is 42.5 Å². The Balaban J connectivity index is 1.78. The molecule has 0 saturated carbocycles. The van der Waals surface area contributed by atoms with Gasteiger partial charge in [-0.25, -0.2) is 0 Å². The highest BCUT2D eigenvalue weighted by Crippen LogP contribution is 2.27. The van der Waals surface area contributed by atoms with E-state index in [9.17, 15) is 8.42 Å². The number of hydrazone groups is 1. The Bertz CT molecular complexity index is 951. The van der Waals surface area contributed by atoms with Gasteiger partial charge >= 0.3 is 0 Å². The van der Waals surface area contributed by atoms with E-state index < -0.39 is 10.0 Å². The zero-order valence-corrected chi connectivity index (χ0v) is 13.8. The van der Waals surface area contributed by atoms with Crippen LogP contribution in [0.25, 0.3) is 0 Å². The predicted octanol–water partition coefficient (Wildman–Crippen LogP) is 1.38. The van der Waals surface area contributed by atoms with Crippen LogP contribution in [-0.2, 0) is 10.0 Å². The summed E-state index contributed by atoms with van der Waals surface area (Å²) < 4.78 is 33.2. The van der Waals surface area contributed by atoms with Crippen molar-refractivity contribution in [2.24, 2.45) is 15.2 Å². The fourth-order valence-corrected chi connectivity index (χ4v) is 3.24. The number of rotatable bonds is 3. The van der Waals surface area contributed by atoms with Gasteiger partial charge in [-0.05, 0) is 54.2 Å². The minimum Gasteiger partial charge on any atom is -0.438 e. The number of sulfonamides is 1. The lowest BCUT2D eigenvalue weighted by Crippen LogP contribution is -2.23. The number of fused-ring (bicyclic) bond motifs is 1. The lowest BCUT2D eigenvalue weighted by Gasteiger charge is -2.05. The second kappa shape index (κ2) is 6.38. The van der Waals surface area contributed by atoms with Crippen LogP contribution in [-0.4, -0.2) is 25.6 Å². The van der Waals surface area contributed by atoms with E-state index in [-0.39, 0.29) is 15.9 Å². The Morgan fingerprint density at radius 3 is 2.62 bits per heavy atom. The van der Waals surface area contributed by atoms with Crippen LogP contribution in [0.1, 0.15) is 11.1 Å². The van der Waals surface area contributed by atoms with Crippen molar-refractivity contribution >= 4 is 39.5 Å². The minimum atomic E-state index is -3.69. The van der Waals surface area contributed by atoms with E-state index in [1.807, 2.05) is 0 Å². The highest BCUT2D eigenvalue weighted by atomic mass is 32.2. The third kappa shape index (κ3) is 3.42. The molecule has 2 aromatic carbocycles. The standard InChI is InChI=1S/C15H12N4O3S2/c16-15(23)18-17-9-10-5-7-11(8-6-10)22-14-12-3-1-2-4-13(12)24(20,21)19-14/h1-9H,(H3,16,18,23)/b17-9+. The van der Waals surface area contributed by atoms with Crippen molar-refractivity contribution in [2.75, 3.05) is 0 Å². The van der Waals surface area contributed by atoms with Crippen molar-refractivity contribution in [1.82, 2.24) is 5.43 Å². The van der Waals surface area contributed by atoms with Gasteiger partial charge in [0.1, 0.15) is 10.6 Å². The van der Waals surface area contributed by atoms with Gasteiger partial charge in [-0.3, -0.25) is 5.43 Å². The number of hydrogen-bond acceptors (Lipinski definition) is 5. The predicted molar refractivity (Wildman–Crippen MR) is 94.7 cm³/mol. The number of nitrogens with zero attached hydrogens (tertiary/aromatic N) is 2. The fraction of sp³-hybridized carbons (Fsp3) is 0. The van der Waals surface area contributed by atoms with E-state index in [2.05, 4.69) is 27.1 Å². The number of benzene rings is 2. The number of hydrogen-bond donors (Lipinski definition) is 2. The molecule has 0 fully saturated rings. The first-order valence-corrected chi connectivity index (χ1v) is 8.61. The van der Waals surface area contributed by atoms with E-state index in [1.165, 1.54) is 12.3 Å². The van der Waals surface area contributed by atoms with E-state index in [4.69, 9.17) is 10.5 Å². The molecule has 0 saturated heterocycles. The highest BCUT2D eigenvalue weighted by molar-refractivity contribution is 7.90. The molecule has 24 heavy (non-hydrogen) atoms.